The maximum absolute atomic E-state index is 6.15. The first-order valence-electron chi connectivity index (χ1n) is 9.68. The summed E-state index contributed by atoms with van der Waals surface area (Å²) in [7, 11) is 1.68. The van der Waals surface area contributed by atoms with Crippen LogP contribution in [0, 0.1) is 0 Å². The Hall–Kier alpha value is -1.49. The van der Waals surface area contributed by atoms with E-state index in [9.17, 15) is 0 Å². The number of allylic oxidation sites excluding steroid dienone is 1. The second-order valence-corrected chi connectivity index (χ2v) is 7.82. The molecule has 0 bridgehead atoms. The second kappa shape index (κ2) is 12.2. The van der Waals surface area contributed by atoms with Gasteiger partial charge in [-0.25, -0.2) is 0 Å². The summed E-state index contributed by atoms with van der Waals surface area (Å²) in [6.45, 7) is 2.27. The number of hydrogen-bond acceptors (Lipinski definition) is 3. The first-order valence-corrected chi connectivity index (χ1v) is 10.5. The molecule has 0 unspecified atom stereocenters. The van der Waals surface area contributed by atoms with E-state index in [-0.39, 0.29) is 12.4 Å². The molecule has 0 aliphatic heterocycles. The molecule has 3 nitrogen and oxygen atoms in total. The first-order chi connectivity index (χ1) is 13.3. The smallest absolute Gasteiger partial charge is 0.166 e. The average molecular weight is 467 g/mol. The van der Waals surface area contributed by atoms with E-state index < -0.39 is 0 Å². The maximum Gasteiger partial charge on any atom is 0.166 e. The molecule has 1 aliphatic carbocycles. The Labute approximate surface area is 183 Å². The fraction of sp³-hybridized carbons (Fsp3) is 0.391. The number of hydrogen-bond donors (Lipinski definition) is 1. The van der Waals surface area contributed by atoms with Crippen molar-refractivity contribution in [2.75, 3.05) is 13.7 Å². The minimum absolute atomic E-state index is 0. The van der Waals surface area contributed by atoms with E-state index in [1.54, 1.807) is 12.7 Å². The van der Waals surface area contributed by atoms with Crippen LogP contribution in [0.15, 0.2) is 58.6 Å². The SMILES string of the molecule is COc1cc(Br)cc(CNCCC2=CCCCC2)c1OCc1ccccc1.Cl. The summed E-state index contributed by atoms with van der Waals surface area (Å²) in [5.74, 6) is 1.57. The molecule has 0 heterocycles. The average Bonchev–Trinajstić information content (AvgIpc) is 2.71. The highest BCUT2D eigenvalue weighted by Crippen LogP contribution is 2.35. The number of rotatable bonds is 9. The van der Waals surface area contributed by atoms with Gasteiger partial charge in [-0.2, -0.15) is 0 Å². The van der Waals surface area contributed by atoms with Gasteiger partial charge in [0.05, 0.1) is 7.11 Å². The molecule has 152 valence electrons. The molecule has 2 aromatic rings. The fourth-order valence-corrected chi connectivity index (χ4v) is 3.89. The van der Waals surface area contributed by atoms with Crippen LogP contribution in [-0.4, -0.2) is 13.7 Å². The van der Waals surface area contributed by atoms with E-state index in [1.165, 1.54) is 25.7 Å². The molecule has 0 aromatic heterocycles. The van der Waals surface area contributed by atoms with Crippen LogP contribution < -0.4 is 14.8 Å². The summed E-state index contributed by atoms with van der Waals surface area (Å²) in [5.41, 5.74) is 3.85. The number of methoxy groups -OCH3 is 1. The van der Waals surface area contributed by atoms with E-state index >= 15 is 0 Å². The number of benzene rings is 2. The molecule has 0 amide bonds. The Morgan fingerprint density at radius 1 is 1.11 bits per heavy atom. The maximum atomic E-state index is 6.15. The molecule has 0 radical (unpaired) electrons. The third-order valence-corrected chi connectivity index (χ3v) is 5.32. The molecule has 0 fully saturated rings. The Bertz CT molecular complexity index is 765. The highest BCUT2D eigenvalue weighted by Gasteiger charge is 2.13. The minimum Gasteiger partial charge on any atom is -0.493 e. The van der Waals surface area contributed by atoms with Crippen molar-refractivity contribution in [1.29, 1.82) is 0 Å². The van der Waals surface area contributed by atoms with Crippen LogP contribution in [0.2, 0.25) is 0 Å². The third kappa shape index (κ3) is 6.84. The van der Waals surface area contributed by atoms with E-state index in [1.807, 2.05) is 24.3 Å². The Kier molecular flexibility index (Phi) is 9.89. The molecule has 28 heavy (non-hydrogen) atoms. The lowest BCUT2D eigenvalue weighted by Gasteiger charge is -2.17. The van der Waals surface area contributed by atoms with Crippen LogP contribution in [0.3, 0.4) is 0 Å². The van der Waals surface area contributed by atoms with Crippen LogP contribution in [0.25, 0.3) is 0 Å². The fourth-order valence-electron chi connectivity index (χ4n) is 3.40. The molecule has 0 spiro atoms. The Morgan fingerprint density at radius 3 is 2.64 bits per heavy atom. The van der Waals surface area contributed by atoms with Crippen molar-refractivity contribution >= 4 is 28.3 Å². The van der Waals surface area contributed by atoms with Gasteiger partial charge in [0.1, 0.15) is 6.61 Å². The molecular weight excluding hydrogens is 438 g/mol. The van der Waals surface area contributed by atoms with Crippen LogP contribution in [0.4, 0.5) is 0 Å². The van der Waals surface area contributed by atoms with Crippen LogP contribution in [-0.2, 0) is 13.2 Å². The molecule has 0 atom stereocenters. The van der Waals surface area contributed by atoms with Gasteiger partial charge in [-0.1, -0.05) is 57.9 Å². The third-order valence-electron chi connectivity index (χ3n) is 4.87. The largest absolute Gasteiger partial charge is 0.493 e. The standard InChI is InChI=1S/C23H28BrNO2.ClH/c1-26-22-15-21(24)14-20(16-25-13-12-18-8-4-2-5-9-18)23(22)27-17-19-10-6-3-7-11-19;/h3,6-8,10-11,14-15,25H,2,4-5,9,12-13,16-17H2,1H3;1H. The van der Waals surface area contributed by atoms with Gasteiger partial charge >= 0.3 is 0 Å². The second-order valence-electron chi connectivity index (χ2n) is 6.91. The van der Waals surface area contributed by atoms with Crippen LogP contribution >= 0.6 is 28.3 Å². The zero-order valence-corrected chi connectivity index (χ0v) is 18.8. The van der Waals surface area contributed by atoms with Gasteiger partial charge in [-0.15, -0.1) is 12.4 Å². The minimum atomic E-state index is 0. The molecule has 5 heteroatoms. The zero-order valence-electron chi connectivity index (χ0n) is 16.4. The number of ether oxygens (including phenoxy) is 2. The Morgan fingerprint density at radius 2 is 1.93 bits per heavy atom. The molecule has 0 saturated heterocycles. The summed E-state index contributed by atoms with van der Waals surface area (Å²) in [6, 6.07) is 14.3. The molecule has 1 aliphatic rings. The van der Waals surface area contributed by atoms with Crippen molar-refractivity contribution in [1.82, 2.24) is 5.32 Å². The van der Waals surface area contributed by atoms with Gasteiger partial charge in [0.2, 0.25) is 0 Å². The van der Waals surface area contributed by atoms with Gasteiger partial charge in [-0.3, -0.25) is 0 Å². The van der Waals surface area contributed by atoms with Gasteiger partial charge in [0.15, 0.2) is 11.5 Å². The zero-order chi connectivity index (χ0) is 18.9. The highest BCUT2D eigenvalue weighted by molar-refractivity contribution is 9.10. The summed E-state index contributed by atoms with van der Waals surface area (Å²) in [6.07, 6.45) is 8.74. The van der Waals surface area contributed by atoms with Gasteiger partial charge in [0.25, 0.3) is 0 Å². The van der Waals surface area contributed by atoms with E-state index in [4.69, 9.17) is 9.47 Å². The van der Waals surface area contributed by atoms with Gasteiger partial charge in [-0.05, 0) is 56.3 Å². The normalized spacial score (nSPS) is 13.4. The van der Waals surface area contributed by atoms with Crippen molar-refractivity contribution in [2.24, 2.45) is 0 Å². The number of nitrogens with one attached hydrogen (secondary N) is 1. The van der Waals surface area contributed by atoms with Crippen molar-refractivity contribution in [3.8, 4) is 11.5 Å². The van der Waals surface area contributed by atoms with E-state index in [2.05, 4.69) is 45.5 Å². The van der Waals surface area contributed by atoms with Crippen molar-refractivity contribution in [2.45, 2.75) is 45.3 Å². The Balaban J connectivity index is 0.00000280. The predicted molar refractivity (Wildman–Crippen MR) is 122 cm³/mol. The quantitative estimate of drug-likeness (QED) is 0.341. The van der Waals surface area contributed by atoms with Crippen LogP contribution in [0.5, 0.6) is 11.5 Å². The molecular formula is C23H29BrClNO2. The summed E-state index contributed by atoms with van der Waals surface area (Å²) in [5, 5.41) is 3.57. The van der Waals surface area contributed by atoms with Crippen LogP contribution in [0.1, 0.15) is 43.2 Å². The molecule has 0 saturated carbocycles. The van der Waals surface area contributed by atoms with E-state index in [0.717, 1.165) is 46.6 Å². The molecule has 1 N–H and O–H groups in total. The van der Waals surface area contributed by atoms with Gasteiger partial charge < -0.3 is 14.8 Å². The lowest BCUT2D eigenvalue weighted by atomic mass is 9.97. The lowest BCUT2D eigenvalue weighted by Crippen LogP contribution is -2.16. The first kappa shape index (κ1) is 22.8. The molecule has 3 rings (SSSR count). The van der Waals surface area contributed by atoms with Gasteiger partial charge in [0, 0.05) is 16.6 Å². The van der Waals surface area contributed by atoms with Crippen molar-refractivity contribution < 1.29 is 9.47 Å². The summed E-state index contributed by atoms with van der Waals surface area (Å²) >= 11 is 3.58. The topological polar surface area (TPSA) is 30.5 Å². The lowest BCUT2D eigenvalue weighted by molar-refractivity contribution is 0.280. The van der Waals surface area contributed by atoms with Crippen molar-refractivity contribution in [3.63, 3.8) is 0 Å². The summed E-state index contributed by atoms with van der Waals surface area (Å²) < 4.78 is 12.7. The molecule has 2 aromatic carbocycles. The van der Waals surface area contributed by atoms with Crippen molar-refractivity contribution in [3.05, 3.63) is 69.7 Å². The highest BCUT2D eigenvalue weighted by atomic mass is 79.9. The summed E-state index contributed by atoms with van der Waals surface area (Å²) in [4.78, 5) is 0. The predicted octanol–water partition coefficient (Wildman–Crippen LogP) is 6.44. The number of halogens is 2. The van der Waals surface area contributed by atoms with E-state index in [0.29, 0.717) is 6.61 Å². The monoisotopic (exact) mass is 465 g/mol.